The van der Waals surface area contributed by atoms with Crippen LogP contribution in [0, 0.1) is 5.92 Å². The quantitative estimate of drug-likeness (QED) is 0.665. The second-order valence-electron chi connectivity index (χ2n) is 5.69. The van der Waals surface area contributed by atoms with Crippen LogP contribution in [0.2, 0.25) is 0 Å². The van der Waals surface area contributed by atoms with Crippen LogP contribution >= 0.6 is 0 Å². The molecule has 0 bridgehead atoms. The van der Waals surface area contributed by atoms with E-state index >= 15 is 0 Å². The summed E-state index contributed by atoms with van der Waals surface area (Å²) in [6.07, 6.45) is 5.99. The molecule has 0 aromatic carbocycles. The Morgan fingerprint density at radius 3 is 2.44 bits per heavy atom. The van der Waals surface area contributed by atoms with E-state index in [4.69, 9.17) is 4.74 Å². The topological polar surface area (TPSA) is 41.6 Å². The number of esters is 1. The summed E-state index contributed by atoms with van der Waals surface area (Å²) in [4.78, 5) is 14.7. The van der Waals surface area contributed by atoms with E-state index in [0.29, 0.717) is 12.0 Å². The monoisotopic (exact) mass is 254 g/mol. The van der Waals surface area contributed by atoms with Gasteiger partial charge in [0.15, 0.2) is 0 Å². The Kier molecular flexibility index (Phi) is 4.28. The van der Waals surface area contributed by atoms with Crippen molar-refractivity contribution < 1.29 is 9.53 Å². The summed E-state index contributed by atoms with van der Waals surface area (Å²) >= 11 is 0. The average molecular weight is 254 g/mol. The molecule has 1 N–H and O–H groups in total. The van der Waals surface area contributed by atoms with Crippen LogP contribution in [0.5, 0.6) is 0 Å². The lowest BCUT2D eigenvalue weighted by Crippen LogP contribution is -2.60. The number of likely N-dealkylation sites (N-methyl/N-ethyl adjacent to an activating group) is 1. The molecule has 4 heteroatoms. The summed E-state index contributed by atoms with van der Waals surface area (Å²) in [6, 6.07) is 0.695. The van der Waals surface area contributed by atoms with Crippen LogP contribution in [0.4, 0.5) is 0 Å². The second kappa shape index (κ2) is 5.57. The fraction of sp³-hybridized carbons (Fsp3) is 0.929. The first-order chi connectivity index (χ1) is 8.67. The summed E-state index contributed by atoms with van der Waals surface area (Å²) in [5.41, 5.74) is -0.480. The highest BCUT2D eigenvalue weighted by Crippen LogP contribution is 2.42. The first kappa shape index (κ1) is 13.8. The number of carbonyl (C=O) groups excluding carboxylic acids is 1. The number of nitrogens with zero attached hydrogens (tertiary/aromatic N) is 1. The molecule has 0 radical (unpaired) electrons. The summed E-state index contributed by atoms with van der Waals surface area (Å²) in [5, 5.41) is 3.28. The van der Waals surface area contributed by atoms with Gasteiger partial charge in [0.1, 0.15) is 5.54 Å². The van der Waals surface area contributed by atoms with Crippen molar-refractivity contribution in [2.24, 2.45) is 5.92 Å². The minimum absolute atomic E-state index is 0.0887. The van der Waals surface area contributed by atoms with E-state index in [0.717, 1.165) is 32.4 Å². The lowest BCUT2D eigenvalue weighted by Gasteiger charge is -2.36. The Morgan fingerprint density at radius 1 is 1.39 bits per heavy atom. The Morgan fingerprint density at radius 2 is 2.06 bits per heavy atom. The van der Waals surface area contributed by atoms with Crippen molar-refractivity contribution >= 4 is 5.97 Å². The Hall–Kier alpha value is -0.610. The number of nitrogens with one attached hydrogen (secondary N) is 1. The van der Waals surface area contributed by atoms with E-state index in [-0.39, 0.29) is 5.97 Å². The SMILES string of the molecule is CCCN(CC(NC)(C(=O)OC)C1CC1)C1CC1. The van der Waals surface area contributed by atoms with Gasteiger partial charge in [-0.25, -0.2) is 4.79 Å². The summed E-state index contributed by atoms with van der Waals surface area (Å²) in [6.45, 7) is 4.09. The Balaban J connectivity index is 2.09. The van der Waals surface area contributed by atoms with Crippen molar-refractivity contribution in [1.82, 2.24) is 10.2 Å². The van der Waals surface area contributed by atoms with E-state index in [9.17, 15) is 4.79 Å². The highest BCUT2D eigenvalue weighted by molar-refractivity contribution is 5.82. The molecule has 2 aliphatic carbocycles. The first-order valence-electron chi connectivity index (χ1n) is 7.19. The van der Waals surface area contributed by atoms with Gasteiger partial charge in [0.2, 0.25) is 0 Å². The predicted molar refractivity (Wildman–Crippen MR) is 71.4 cm³/mol. The van der Waals surface area contributed by atoms with Gasteiger partial charge >= 0.3 is 5.97 Å². The molecule has 2 saturated carbocycles. The van der Waals surface area contributed by atoms with E-state index < -0.39 is 5.54 Å². The van der Waals surface area contributed by atoms with Crippen LogP contribution < -0.4 is 5.32 Å². The maximum Gasteiger partial charge on any atom is 0.327 e. The Bertz CT molecular complexity index is 300. The number of carbonyl (C=O) groups is 1. The zero-order valence-corrected chi connectivity index (χ0v) is 11.9. The molecule has 2 fully saturated rings. The highest BCUT2D eigenvalue weighted by Gasteiger charge is 2.52. The van der Waals surface area contributed by atoms with Gasteiger partial charge in [0, 0.05) is 12.6 Å². The fourth-order valence-electron chi connectivity index (χ4n) is 2.94. The Labute approximate surface area is 110 Å². The fourth-order valence-corrected chi connectivity index (χ4v) is 2.94. The third-order valence-corrected chi connectivity index (χ3v) is 4.30. The molecule has 0 aliphatic heterocycles. The molecular weight excluding hydrogens is 228 g/mol. The minimum atomic E-state index is -0.480. The van der Waals surface area contributed by atoms with Crippen molar-refractivity contribution in [2.45, 2.75) is 50.6 Å². The molecular formula is C14H26N2O2. The molecule has 104 valence electrons. The molecule has 18 heavy (non-hydrogen) atoms. The van der Waals surface area contributed by atoms with E-state index in [1.165, 1.54) is 20.0 Å². The molecule has 4 nitrogen and oxygen atoms in total. The zero-order chi connectivity index (χ0) is 13.2. The number of methoxy groups -OCH3 is 1. The van der Waals surface area contributed by atoms with E-state index in [2.05, 4.69) is 17.1 Å². The molecule has 2 rings (SSSR count). The third-order valence-electron chi connectivity index (χ3n) is 4.30. The molecule has 0 spiro atoms. The standard InChI is InChI=1S/C14H26N2O2/c1-4-9-16(12-7-8-12)10-14(15-2,11-5-6-11)13(17)18-3/h11-12,15H,4-10H2,1-3H3. The van der Waals surface area contributed by atoms with Crippen LogP contribution in [0.3, 0.4) is 0 Å². The minimum Gasteiger partial charge on any atom is -0.468 e. The van der Waals surface area contributed by atoms with Crippen molar-refractivity contribution in [3.8, 4) is 0 Å². The van der Waals surface area contributed by atoms with E-state index in [1.54, 1.807) is 0 Å². The molecule has 0 aromatic rings. The maximum absolute atomic E-state index is 12.2. The molecule has 0 aromatic heterocycles. The summed E-state index contributed by atoms with van der Waals surface area (Å²) < 4.78 is 5.06. The number of ether oxygens (including phenoxy) is 1. The smallest absolute Gasteiger partial charge is 0.327 e. The lowest BCUT2D eigenvalue weighted by atomic mass is 9.92. The number of hydrogen-bond acceptors (Lipinski definition) is 4. The van der Waals surface area contributed by atoms with Crippen LogP contribution in [0.1, 0.15) is 39.0 Å². The van der Waals surface area contributed by atoms with Crippen LogP contribution in [-0.2, 0) is 9.53 Å². The van der Waals surface area contributed by atoms with Gasteiger partial charge in [0.25, 0.3) is 0 Å². The molecule has 2 aliphatic rings. The number of rotatable bonds is 8. The molecule has 1 unspecified atom stereocenters. The largest absolute Gasteiger partial charge is 0.468 e. The average Bonchev–Trinajstić information content (AvgIpc) is 3.24. The van der Waals surface area contributed by atoms with Crippen LogP contribution in [0.15, 0.2) is 0 Å². The van der Waals surface area contributed by atoms with Gasteiger partial charge < -0.3 is 10.1 Å². The number of hydrogen-bond donors (Lipinski definition) is 1. The molecule has 1 atom stereocenters. The van der Waals surface area contributed by atoms with Gasteiger partial charge in [0.05, 0.1) is 7.11 Å². The molecule has 0 heterocycles. The highest BCUT2D eigenvalue weighted by atomic mass is 16.5. The van der Waals surface area contributed by atoms with Gasteiger partial charge in [-0.15, -0.1) is 0 Å². The van der Waals surface area contributed by atoms with Crippen molar-refractivity contribution in [1.29, 1.82) is 0 Å². The van der Waals surface area contributed by atoms with Gasteiger partial charge in [-0.05, 0) is 51.6 Å². The molecule has 0 amide bonds. The summed E-state index contributed by atoms with van der Waals surface area (Å²) in [7, 11) is 3.39. The van der Waals surface area contributed by atoms with Crippen molar-refractivity contribution in [3.05, 3.63) is 0 Å². The third kappa shape index (κ3) is 2.69. The normalized spacial score (nSPS) is 22.9. The van der Waals surface area contributed by atoms with Crippen LogP contribution in [0.25, 0.3) is 0 Å². The van der Waals surface area contributed by atoms with E-state index in [1.807, 2.05) is 7.05 Å². The van der Waals surface area contributed by atoms with Crippen molar-refractivity contribution in [2.75, 3.05) is 27.2 Å². The second-order valence-corrected chi connectivity index (χ2v) is 5.69. The van der Waals surface area contributed by atoms with Gasteiger partial charge in [-0.3, -0.25) is 4.90 Å². The van der Waals surface area contributed by atoms with Crippen molar-refractivity contribution in [3.63, 3.8) is 0 Å². The first-order valence-corrected chi connectivity index (χ1v) is 7.19. The summed E-state index contributed by atoms with van der Waals surface area (Å²) in [5.74, 6) is 0.363. The zero-order valence-electron chi connectivity index (χ0n) is 11.9. The van der Waals surface area contributed by atoms with Gasteiger partial charge in [-0.1, -0.05) is 6.92 Å². The van der Waals surface area contributed by atoms with Crippen LogP contribution in [-0.4, -0.2) is 49.7 Å². The predicted octanol–water partition coefficient (Wildman–Crippen LogP) is 1.40. The molecule has 0 saturated heterocycles. The van der Waals surface area contributed by atoms with Gasteiger partial charge in [-0.2, -0.15) is 0 Å². The maximum atomic E-state index is 12.2. The lowest BCUT2D eigenvalue weighted by molar-refractivity contribution is -0.150.